The molecule has 0 saturated heterocycles. The van der Waals surface area contributed by atoms with Gasteiger partial charge in [0, 0.05) is 16.5 Å². The summed E-state index contributed by atoms with van der Waals surface area (Å²) in [4.78, 5) is 24.0. The minimum atomic E-state index is -0.569. The van der Waals surface area contributed by atoms with Gasteiger partial charge in [0.05, 0.1) is 12.2 Å². The third-order valence-electron chi connectivity index (χ3n) is 3.05. The third kappa shape index (κ3) is 4.97. The van der Waals surface area contributed by atoms with Crippen LogP contribution in [0.3, 0.4) is 0 Å². The lowest BCUT2D eigenvalue weighted by Gasteiger charge is -2.31. The van der Waals surface area contributed by atoms with Crippen LogP contribution >= 0.6 is 0 Å². The average Bonchev–Trinajstić information content (AvgIpc) is 2.72. The Kier molecular flexibility index (Phi) is 4.94. The number of Topliss-reactive ketones (excluding diaryl/α,β-unsaturated/α-hetero) is 1. The largest absolute Gasteiger partial charge is 0.364 e. The number of carbonyl (C=O) groups is 2. The van der Waals surface area contributed by atoms with E-state index < -0.39 is 17.4 Å². The molecule has 0 aliphatic rings. The molecule has 4 N–H and O–H groups in total. The zero-order chi connectivity index (χ0) is 16.4. The van der Waals surface area contributed by atoms with Crippen LogP contribution in [-0.2, 0) is 11.2 Å². The smallest absolute Gasteiger partial charge is 0.266 e. The van der Waals surface area contributed by atoms with Gasteiger partial charge in [-0.15, -0.1) is 0 Å². The second-order valence-corrected chi connectivity index (χ2v) is 7.40. The van der Waals surface area contributed by atoms with Crippen molar-refractivity contribution in [2.75, 3.05) is 0 Å². The van der Waals surface area contributed by atoms with Gasteiger partial charge >= 0.3 is 0 Å². The van der Waals surface area contributed by atoms with Gasteiger partial charge in [-0.1, -0.05) is 20.8 Å². The summed E-state index contributed by atoms with van der Waals surface area (Å²) in [6.07, 6.45) is 1.93. The number of rotatable bonds is 5. The Morgan fingerprint density at radius 1 is 1.29 bits per heavy atom. The number of carbonyl (C=O) groups excluding carboxylic acids is 2. The number of amides is 1. The summed E-state index contributed by atoms with van der Waals surface area (Å²) in [5, 5.41) is 9.76. The predicted molar refractivity (Wildman–Crippen MR) is 81.9 cm³/mol. The van der Waals surface area contributed by atoms with Gasteiger partial charge in [-0.05, 0) is 27.2 Å². The lowest BCUT2D eigenvalue weighted by atomic mass is 9.83. The molecule has 1 aromatic rings. The lowest BCUT2D eigenvalue weighted by Crippen LogP contribution is -2.52. The summed E-state index contributed by atoms with van der Waals surface area (Å²) in [6.45, 7) is 11.7. The lowest BCUT2D eigenvalue weighted by molar-refractivity contribution is -0.128. The van der Waals surface area contributed by atoms with E-state index in [9.17, 15) is 9.59 Å². The summed E-state index contributed by atoms with van der Waals surface area (Å²) in [6, 6.07) is -0.402. The highest BCUT2D eigenvalue weighted by Crippen LogP contribution is 2.21. The van der Waals surface area contributed by atoms with Crippen LogP contribution in [0, 0.1) is 5.41 Å². The molecule has 1 atom stereocenters. The van der Waals surface area contributed by atoms with E-state index in [1.165, 1.54) is 0 Å². The van der Waals surface area contributed by atoms with E-state index in [1.807, 2.05) is 41.5 Å². The molecule has 0 aliphatic carbocycles. The maximum atomic E-state index is 12.6. The Hall–Kier alpha value is -1.69. The van der Waals surface area contributed by atoms with Gasteiger partial charge < -0.3 is 11.1 Å². The van der Waals surface area contributed by atoms with Gasteiger partial charge in [0.15, 0.2) is 5.78 Å². The van der Waals surface area contributed by atoms with Crippen LogP contribution in [0.2, 0.25) is 0 Å². The van der Waals surface area contributed by atoms with Crippen molar-refractivity contribution in [2.24, 2.45) is 11.1 Å². The molecule has 1 aromatic heterocycles. The molecule has 1 amide bonds. The topological polar surface area (TPSA) is 101 Å². The molecule has 6 nitrogen and oxygen atoms in total. The molecule has 1 heterocycles. The number of ketones is 1. The molecule has 118 valence electrons. The van der Waals surface area contributed by atoms with E-state index in [4.69, 9.17) is 5.73 Å². The highest BCUT2D eigenvalue weighted by Gasteiger charge is 2.33. The second-order valence-electron chi connectivity index (χ2n) is 7.40. The van der Waals surface area contributed by atoms with Crippen molar-refractivity contribution in [3.63, 3.8) is 0 Å². The molecule has 1 unspecified atom stereocenters. The van der Waals surface area contributed by atoms with Crippen molar-refractivity contribution in [2.45, 2.75) is 59.5 Å². The SMILES string of the molecule is CC(C)(C)NC(Cc1cn[nH]c1C(N)=O)C(=O)C(C)(C)C. The van der Waals surface area contributed by atoms with Gasteiger partial charge in [0.25, 0.3) is 5.91 Å². The van der Waals surface area contributed by atoms with E-state index in [0.29, 0.717) is 12.0 Å². The highest BCUT2D eigenvalue weighted by molar-refractivity contribution is 5.93. The molecular formula is C15H26N4O2. The van der Waals surface area contributed by atoms with Gasteiger partial charge in [-0.3, -0.25) is 14.7 Å². The maximum absolute atomic E-state index is 12.6. The molecule has 6 heteroatoms. The molecular weight excluding hydrogens is 268 g/mol. The Bertz CT molecular complexity index is 521. The highest BCUT2D eigenvalue weighted by atomic mass is 16.1. The number of hydrogen-bond acceptors (Lipinski definition) is 4. The van der Waals surface area contributed by atoms with Crippen LogP contribution in [-0.4, -0.2) is 33.5 Å². The average molecular weight is 294 g/mol. The van der Waals surface area contributed by atoms with Gasteiger partial charge in [0.1, 0.15) is 5.69 Å². The Morgan fingerprint density at radius 2 is 1.86 bits per heavy atom. The second kappa shape index (κ2) is 5.97. The quantitative estimate of drug-likeness (QED) is 0.764. The maximum Gasteiger partial charge on any atom is 0.266 e. The number of aromatic amines is 1. The first kappa shape index (κ1) is 17.4. The zero-order valence-corrected chi connectivity index (χ0v) is 13.7. The van der Waals surface area contributed by atoms with E-state index in [0.717, 1.165) is 0 Å². The molecule has 0 aromatic carbocycles. The number of nitrogens with zero attached hydrogens (tertiary/aromatic N) is 1. The third-order valence-corrected chi connectivity index (χ3v) is 3.05. The summed E-state index contributed by atoms with van der Waals surface area (Å²) in [5.41, 5.74) is 5.53. The van der Waals surface area contributed by atoms with Crippen molar-refractivity contribution in [3.8, 4) is 0 Å². The van der Waals surface area contributed by atoms with Crippen molar-refractivity contribution >= 4 is 11.7 Å². The number of hydrogen-bond donors (Lipinski definition) is 3. The minimum absolute atomic E-state index is 0.0917. The monoisotopic (exact) mass is 294 g/mol. The summed E-state index contributed by atoms with van der Waals surface area (Å²) >= 11 is 0. The zero-order valence-electron chi connectivity index (χ0n) is 13.7. The van der Waals surface area contributed by atoms with Crippen LogP contribution in [0.5, 0.6) is 0 Å². The van der Waals surface area contributed by atoms with Crippen molar-refractivity contribution in [1.29, 1.82) is 0 Å². The fourth-order valence-electron chi connectivity index (χ4n) is 2.15. The van der Waals surface area contributed by atoms with E-state index in [2.05, 4.69) is 15.5 Å². The van der Waals surface area contributed by atoms with Gasteiger partial charge in [0.2, 0.25) is 0 Å². The van der Waals surface area contributed by atoms with Crippen LogP contribution in [0.15, 0.2) is 6.20 Å². The number of H-pyrrole nitrogens is 1. The number of nitrogens with two attached hydrogens (primary N) is 1. The summed E-state index contributed by atoms with van der Waals surface area (Å²) in [7, 11) is 0. The fraction of sp³-hybridized carbons (Fsp3) is 0.667. The Morgan fingerprint density at radius 3 is 2.29 bits per heavy atom. The van der Waals surface area contributed by atoms with Gasteiger partial charge in [-0.25, -0.2) is 0 Å². The van der Waals surface area contributed by atoms with Crippen LogP contribution in [0.4, 0.5) is 0 Å². The van der Waals surface area contributed by atoms with Crippen molar-refractivity contribution in [1.82, 2.24) is 15.5 Å². The molecule has 1 rings (SSSR count). The standard InChI is InChI=1S/C15H26N4O2/c1-14(2,3)12(20)10(18-15(4,5)6)7-9-8-17-19-11(9)13(16)21/h8,10,18H,7H2,1-6H3,(H2,16,21)(H,17,19). The minimum Gasteiger partial charge on any atom is -0.364 e. The molecule has 0 spiro atoms. The van der Waals surface area contributed by atoms with E-state index in [1.54, 1.807) is 6.20 Å². The number of primary amides is 1. The summed E-state index contributed by atoms with van der Waals surface area (Å²) in [5.74, 6) is -0.478. The molecule has 21 heavy (non-hydrogen) atoms. The molecule has 0 bridgehead atoms. The van der Waals surface area contributed by atoms with Crippen LogP contribution < -0.4 is 11.1 Å². The normalized spacial score (nSPS) is 14.0. The van der Waals surface area contributed by atoms with Crippen LogP contribution in [0.25, 0.3) is 0 Å². The first-order chi connectivity index (χ1) is 9.42. The van der Waals surface area contributed by atoms with Gasteiger partial charge in [-0.2, -0.15) is 5.10 Å². The van der Waals surface area contributed by atoms with Crippen LogP contribution in [0.1, 0.15) is 57.6 Å². The molecule has 0 saturated carbocycles. The van der Waals surface area contributed by atoms with Crippen molar-refractivity contribution < 1.29 is 9.59 Å². The summed E-state index contributed by atoms with van der Waals surface area (Å²) < 4.78 is 0. The molecule has 0 aliphatic heterocycles. The fourth-order valence-corrected chi connectivity index (χ4v) is 2.15. The first-order valence-electron chi connectivity index (χ1n) is 7.06. The van der Waals surface area contributed by atoms with E-state index >= 15 is 0 Å². The Labute approximate surface area is 125 Å². The first-order valence-corrected chi connectivity index (χ1v) is 7.06. The number of aromatic nitrogens is 2. The van der Waals surface area contributed by atoms with E-state index in [-0.39, 0.29) is 17.0 Å². The van der Waals surface area contributed by atoms with Crippen molar-refractivity contribution in [3.05, 3.63) is 17.5 Å². The molecule has 0 fully saturated rings. The Balaban J connectivity index is 3.05. The molecule has 0 radical (unpaired) electrons. The number of nitrogens with one attached hydrogen (secondary N) is 2. The predicted octanol–water partition coefficient (Wildman–Crippen LogP) is 1.42.